The van der Waals surface area contributed by atoms with Gasteiger partial charge in [-0.3, -0.25) is 14.4 Å². The van der Waals surface area contributed by atoms with E-state index in [1.165, 1.54) is 103 Å². The summed E-state index contributed by atoms with van der Waals surface area (Å²) in [6, 6.07) is 0. The highest BCUT2D eigenvalue weighted by atomic mass is 16.6. The van der Waals surface area contributed by atoms with Crippen LogP contribution in [-0.4, -0.2) is 37.2 Å². The molecule has 0 aliphatic heterocycles. The summed E-state index contributed by atoms with van der Waals surface area (Å²) >= 11 is 0. The molecular formula is C67H112O6. The summed E-state index contributed by atoms with van der Waals surface area (Å²) in [7, 11) is 0. The summed E-state index contributed by atoms with van der Waals surface area (Å²) in [6.45, 7) is 6.42. The molecule has 1 atom stereocenters. The lowest BCUT2D eigenvalue weighted by Crippen LogP contribution is -2.30. The van der Waals surface area contributed by atoms with Crippen LogP contribution in [0.2, 0.25) is 0 Å². The molecule has 6 heteroatoms. The molecule has 0 aromatic heterocycles. The lowest BCUT2D eigenvalue weighted by atomic mass is 10.0. The summed E-state index contributed by atoms with van der Waals surface area (Å²) in [5.74, 6) is -0.920. The maximum Gasteiger partial charge on any atom is 0.306 e. The van der Waals surface area contributed by atoms with Crippen LogP contribution in [-0.2, 0) is 28.6 Å². The number of esters is 3. The van der Waals surface area contributed by atoms with E-state index in [2.05, 4.69) is 130 Å². The Morgan fingerprint density at radius 1 is 0.288 bits per heavy atom. The van der Waals surface area contributed by atoms with Gasteiger partial charge in [0.1, 0.15) is 13.2 Å². The van der Waals surface area contributed by atoms with Gasteiger partial charge in [0.15, 0.2) is 6.10 Å². The third-order valence-corrected chi connectivity index (χ3v) is 12.8. The molecule has 0 aliphatic rings. The molecule has 1 unspecified atom stereocenters. The van der Waals surface area contributed by atoms with E-state index in [0.29, 0.717) is 19.3 Å². The molecule has 0 amide bonds. The minimum atomic E-state index is -0.786. The lowest BCUT2D eigenvalue weighted by Gasteiger charge is -2.18. The largest absolute Gasteiger partial charge is 0.462 e. The Balaban J connectivity index is 4.14. The van der Waals surface area contributed by atoms with Crippen molar-refractivity contribution < 1.29 is 28.6 Å². The fourth-order valence-electron chi connectivity index (χ4n) is 8.22. The second-order valence-electron chi connectivity index (χ2n) is 19.9. The highest BCUT2D eigenvalue weighted by Crippen LogP contribution is 2.15. The van der Waals surface area contributed by atoms with E-state index in [1.54, 1.807) is 0 Å². The summed E-state index contributed by atoms with van der Waals surface area (Å²) in [6.07, 6.45) is 82.7. The highest BCUT2D eigenvalue weighted by molar-refractivity contribution is 5.71. The van der Waals surface area contributed by atoms with Gasteiger partial charge in [-0.2, -0.15) is 0 Å². The third-order valence-electron chi connectivity index (χ3n) is 12.8. The van der Waals surface area contributed by atoms with E-state index in [4.69, 9.17) is 14.2 Å². The first kappa shape index (κ1) is 69.1. The number of allylic oxidation sites excluding steroid dienone is 18. The SMILES string of the molecule is CC/C=C\C/C=C\C/C=C\C/C=C\C/C=C\C/C=C\C/C=C\CCCCCCCC(=O)OCC(COC(=O)CCCCCCC)OC(=O)CCCCCCCCCCCCC/C=C\C/C=C\CCCCCCC. The number of carbonyl (C=O) groups is 3. The number of carbonyl (C=O) groups excluding carboxylic acids is 3. The zero-order valence-corrected chi connectivity index (χ0v) is 47.6. The minimum Gasteiger partial charge on any atom is -0.462 e. The molecule has 0 aromatic carbocycles. The van der Waals surface area contributed by atoms with Gasteiger partial charge in [0.2, 0.25) is 0 Å². The van der Waals surface area contributed by atoms with Crippen LogP contribution in [0.5, 0.6) is 0 Å². The molecule has 0 heterocycles. The second kappa shape index (κ2) is 60.6. The van der Waals surface area contributed by atoms with Crippen LogP contribution in [0.15, 0.2) is 109 Å². The Labute approximate surface area is 450 Å². The highest BCUT2D eigenvalue weighted by Gasteiger charge is 2.19. The first-order valence-electron chi connectivity index (χ1n) is 30.4. The van der Waals surface area contributed by atoms with Crippen molar-refractivity contribution in [3.05, 3.63) is 109 Å². The first-order chi connectivity index (χ1) is 36.0. The lowest BCUT2D eigenvalue weighted by molar-refractivity contribution is -0.167. The average Bonchev–Trinajstić information content (AvgIpc) is 3.39. The molecule has 0 N–H and O–H groups in total. The Morgan fingerprint density at radius 3 is 0.836 bits per heavy atom. The molecule has 416 valence electrons. The monoisotopic (exact) mass is 1010 g/mol. The summed E-state index contributed by atoms with van der Waals surface area (Å²) in [4.78, 5) is 37.9. The van der Waals surface area contributed by atoms with Gasteiger partial charge in [-0.25, -0.2) is 0 Å². The van der Waals surface area contributed by atoms with Crippen LogP contribution in [0.25, 0.3) is 0 Å². The topological polar surface area (TPSA) is 78.9 Å². The summed E-state index contributed by atoms with van der Waals surface area (Å²) < 4.78 is 16.7. The van der Waals surface area contributed by atoms with Crippen molar-refractivity contribution in [2.45, 2.75) is 284 Å². The molecule has 0 spiro atoms. The van der Waals surface area contributed by atoms with Crippen LogP contribution in [0.4, 0.5) is 0 Å². The van der Waals surface area contributed by atoms with Crippen molar-refractivity contribution in [1.82, 2.24) is 0 Å². The van der Waals surface area contributed by atoms with Crippen LogP contribution < -0.4 is 0 Å². The fourth-order valence-corrected chi connectivity index (χ4v) is 8.22. The maximum absolute atomic E-state index is 12.8. The van der Waals surface area contributed by atoms with E-state index >= 15 is 0 Å². The van der Waals surface area contributed by atoms with Crippen LogP contribution in [0, 0.1) is 0 Å². The van der Waals surface area contributed by atoms with Gasteiger partial charge < -0.3 is 14.2 Å². The number of ether oxygens (including phenoxy) is 3. The zero-order chi connectivity index (χ0) is 52.9. The van der Waals surface area contributed by atoms with Crippen molar-refractivity contribution in [2.75, 3.05) is 13.2 Å². The van der Waals surface area contributed by atoms with Crippen LogP contribution in [0.3, 0.4) is 0 Å². The van der Waals surface area contributed by atoms with Gasteiger partial charge in [0.05, 0.1) is 0 Å². The Kier molecular flexibility index (Phi) is 57.4. The van der Waals surface area contributed by atoms with Crippen molar-refractivity contribution in [1.29, 1.82) is 0 Å². The van der Waals surface area contributed by atoms with Gasteiger partial charge in [-0.1, -0.05) is 259 Å². The standard InChI is InChI=1S/C67H112O6/c1-4-7-10-13-15-17-19-21-23-25-27-29-31-32-33-34-36-37-39-41-43-45-47-49-51-54-57-60-66(69)72-63-64(62-71-65(68)59-56-53-12-9-6-3)73-67(70)61-58-55-52-50-48-46-44-42-40-38-35-30-28-26-24-22-20-18-16-14-11-8-5-2/h7,10,15,17,20-23,26-29,32-33,36-37,41,43,64H,4-6,8-9,11-14,16,18-19,24-25,30-31,34-35,38-40,42,44-63H2,1-3H3/b10-7-,17-15-,22-20-,23-21-,28-26-,29-27-,33-32-,37-36-,43-41-. The van der Waals surface area contributed by atoms with Gasteiger partial charge in [-0.05, 0) is 109 Å². The predicted octanol–water partition coefficient (Wildman–Crippen LogP) is 20.7. The molecule has 0 rings (SSSR count). The molecule has 0 saturated heterocycles. The van der Waals surface area contributed by atoms with Gasteiger partial charge >= 0.3 is 17.9 Å². The molecule has 0 aliphatic carbocycles. The first-order valence-corrected chi connectivity index (χ1v) is 30.4. The molecule has 0 saturated carbocycles. The van der Waals surface area contributed by atoms with E-state index < -0.39 is 6.10 Å². The van der Waals surface area contributed by atoms with Crippen molar-refractivity contribution >= 4 is 17.9 Å². The average molecular weight is 1010 g/mol. The van der Waals surface area contributed by atoms with E-state index in [1.807, 2.05) is 0 Å². The van der Waals surface area contributed by atoms with Gasteiger partial charge in [0.25, 0.3) is 0 Å². The normalized spacial score (nSPS) is 12.9. The van der Waals surface area contributed by atoms with Gasteiger partial charge in [-0.15, -0.1) is 0 Å². The molecule has 73 heavy (non-hydrogen) atoms. The molecule has 6 nitrogen and oxygen atoms in total. The van der Waals surface area contributed by atoms with E-state index in [0.717, 1.165) is 135 Å². The van der Waals surface area contributed by atoms with Gasteiger partial charge in [0, 0.05) is 19.3 Å². The maximum atomic E-state index is 12.8. The molecular weight excluding hydrogens is 901 g/mol. The Bertz CT molecular complexity index is 1490. The zero-order valence-electron chi connectivity index (χ0n) is 47.6. The van der Waals surface area contributed by atoms with E-state index in [9.17, 15) is 14.4 Å². The molecule has 0 aromatic rings. The second-order valence-corrected chi connectivity index (χ2v) is 19.9. The van der Waals surface area contributed by atoms with Crippen molar-refractivity contribution in [3.8, 4) is 0 Å². The number of hydrogen-bond donors (Lipinski definition) is 0. The number of hydrogen-bond acceptors (Lipinski definition) is 6. The van der Waals surface area contributed by atoms with E-state index in [-0.39, 0.29) is 31.1 Å². The number of unbranched alkanes of at least 4 members (excludes halogenated alkanes) is 25. The Hall–Kier alpha value is -3.93. The molecule has 0 bridgehead atoms. The fraction of sp³-hybridized carbons (Fsp3) is 0.687. The molecule has 0 fully saturated rings. The summed E-state index contributed by atoms with van der Waals surface area (Å²) in [5, 5.41) is 0. The van der Waals surface area contributed by atoms with Crippen LogP contribution >= 0.6 is 0 Å². The van der Waals surface area contributed by atoms with Crippen molar-refractivity contribution in [2.24, 2.45) is 0 Å². The number of rotatable bonds is 54. The third kappa shape index (κ3) is 58.8. The minimum absolute atomic E-state index is 0.0864. The van der Waals surface area contributed by atoms with Crippen molar-refractivity contribution in [3.63, 3.8) is 0 Å². The molecule has 0 radical (unpaired) electrons. The summed E-state index contributed by atoms with van der Waals surface area (Å²) in [5.41, 5.74) is 0. The van der Waals surface area contributed by atoms with Crippen LogP contribution in [0.1, 0.15) is 278 Å². The smallest absolute Gasteiger partial charge is 0.306 e. The predicted molar refractivity (Wildman–Crippen MR) is 316 cm³/mol. The Morgan fingerprint density at radius 2 is 0.534 bits per heavy atom. The quantitative estimate of drug-likeness (QED) is 0.0261.